The Morgan fingerprint density at radius 3 is 2.61 bits per heavy atom. The average molecular weight is 241 g/mol. The van der Waals surface area contributed by atoms with E-state index in [4.69, 9.17) is 15.3 Å². The summed E-state index contributed by atoms with van der Waals surface area (Å²) >= 11 is 0. The van der Waals surface area contributed by atoms with Crippen LogP contribution >= 0.6 is 0 Å². The molecule has 1 aliphatic carbocycles. The standard InChI is InChI=1S/C14H15N3O/c1-18-9-14(10-2-3-10)17-13-5-4-11(7-15)12(6-13)8-16/h4-6,10,14,17H,2-3,9H2,1H3. The topological polar surface area (TPSA) is 68.8 Å². The zero-order valence-corrected chi connectivity index (χ0v) is 10.3. The summed E-state index contributed by atoms with van der Waals surface area (Å²) in [6, 6.07) is 9.58. The minimum Gasteiger partial charge on any atom is -0.383 e. The Labute approximate surface area is 107 Å². The van der Waals surface area contributed by atoms with Gasteiger partial charge in [-0.25, -0.2) is 0 Å². The summed E-state index contributed by atoms with van der Waals surface area (Å²) in [4.78, 5) is 0. The molecule has 0 radical (unpaired) electrons. The van der Waals surface area contributed by atoms with Gasteiger partial charge in [-0.15, -0.1) is 0 Å². The SMILES string of the molecule is COCC(Nc1ccc(C#N)c(C#N)c1)C1CC1. The molecule has 1 atom stereocenters. The van der Waals surface area contributed by atoms with Gasteiger partial charge in [0.1, 0.15) is 12.1 Å². The molecule has 1 unspecified atom stereocenters. The van der Waals surface area contributed by atoms with Crippen molar-refractivity contribution in [2.45, 2.75) is 18.9 Å². The molecule has 18 heavy (non-hydrogen) atoms. The van der Waals surface area contributed by atoms with Crippen LogP contribution in [0.1, 0.15) is 24.0 Å². The fourth-order valence-corrected chi connectivity index (χ4v) is 2.01. The fourth-order valence-electron chi connectivity index (χ4n) is 2.01. The van der Waals surface area contributed by atoms with Gasteiger partial charge in [-0.1, -0.05) is 0 Å². The predicted molar refractivity (Wildman–Crippen MR) is 67.9 cm³/mol. The summed E-state index contributed by atoms with van der Waals surface area (Å²) in [5, 5.41) is 21.2. The number of anilines is 1. The highest BCUT2D eigenvalue weighted by atomic mass is 16.5. The van der Waals surface area contributed by atoms with E-state index in [-0.39, 0.29) is 6.04 Å². The van der Waals surface area contributed by atoms with Crippen LogP contribution in [-0.4, -0.2) is 19.8 Å². The number of hydrogen-bond donors (Lipinski definition) is 1. The molecular formula is C14H15N3O. The van der Waals surface area contributed by atoms with E-state index in [9.17, 15) is 0 Å². The summed E-state index contributed by atoms with van der Waals surface area (Å²) in [5.74, 6) is 0.658. The average Bonchev–Trinajstić information content (AvgIpc) is 3.22. The van der Waals surface area contributed by atoms with Gasteiger partial charge in [-0.3, -0.25) is 0 Å². The summed E-state index contributed by atoms with van der Waals surface area (Å²) in [6.45, 7) is 0.659. The maximum atomic E-state index is 8.98. The fraction of sp³-hybridized carbons (Fsp3) is 0.429. The molecule has 2 rings (SSSR count). The first kappa shape index (κ1) is 12.4. The molecular weight excluding hydrogens is 226 g/mol. The Hall–Kier alpha value is -2.04. The zero-order chi connectivity index (χ0) is 13.0. The lowest BCUT2D eigenvalue weighted by atomic mass is 10.1. The first-order chi connectivity index (χ1) is 8.78. The zero-order valence-electron chi connectivity index (χ0n) is 10.3. The van der Waals surface area contributed by atoms with Gasteiger partial charge in [0.25, 0.3) is 0 Å². The minimum atomic E-state index is 0.287. The summed E-state index contributed by atoms with van der Waals surface area (Å²) in [5.41, 5.74) is 1.70. The molecule has 0 spiro atoms. The van der Waals surface area contributed by atoms with Crippen molar-refractivity contribution < 1.29 is 4.74 Å². The smallest absolute Gasteiger partial charge is 0.101 e. The molecule has 1 saturated carbocycles. The monoisotopic (exact) mass is 241 g/mol. The Bertz CT molecular complexity index is 509. The second-order valence-corrected chi connectivity index (χ2v) is 4.53. The minimum absolute atomic E-state index is 0.287. The summed E-state index contributed by atoms with van der Waals surface area (Å²) in [7, 11) is 1.69. The van der Waals surface area contributed by atoms with Crippen LogP contribution in [0.2, 0.25) is 0 Å². The van der Waals surface area contributed by atoms with Crippen molar-refractivity contribution in [2.24, 2.45) is 5.92 Å². The largest absolute Gasteiger partial charge is 0.383 e. The summed E-state index contributed by atoms with van der Waals surface area (Å²) < 4.78 is 5.20. The van der Waals surface area contributed by atoms with Crippen molar-refractivity contribution >= 4 is 5.69 Å². The quantitative estimate of drug-likeness (QED) is 0.858. The van der Waals surface area contributed by atoms with Crippen molar-refractivity contribution in [3.05, 3.63) is 29.3 Å². The van der Waals surface area contributed by atoms with Crippen LogP contribution in [-0.2, 0) is 4.74 Å². The van der Waals surface area contributed by atoms with Crippen molar-refractivity contribution in [2.75, 3.05) is 19.0 Å². The third-order valence-electron chi connectivity index (χ3n) is 3.15. The first-order valence-electron chi connectivity index (χ1n) is 5.98. The number of ether oxygens (including phenoxy) is 1. The van der Waals surface area contributed by atoms with E-state index in [0.717, 1.165) is 5.69 Å². The predicted octanol–water partition coefficient (Wildman–Crippen LogP) is 2.27. The van der Waals surface area contributed by atoms with E-state index >= 15 is 0 Å². The Morgan fingerprint density at radius 1 is 1.33 bits per heavy atom. The highest BCUT2D eigenvalue weighted by Gasteiger charge is 2.31. The first-order valence-corrected chi connectivity index (χ1v) is 5.98. The third kappa shape index (κ3) is 2.80. The second kappa shape index (κ2) is 5.53. The second-order valence-electron chi connectivity index (χ2n) is 4.53. The van der Waals surface area contributed by atoms with Crippen LogP contribution in [0.3, 0.4) is 0 Å². The van der Waals surface area contributed by atoms with Crippen molar-refractivity contribution in [1.29, 1.82) is 10.5 Å². The van der Waals surface area contributed by atoms with Crippen LogP contribution in [0.15, 0.2) is 18.2 Å². The highest BCUT2D eigenvalue weighted by Crippen LogP contribution is 2.34. The van der Waals surface area contributed by atoms with Gasteiger partial charge in [-0.2, -0.15) is 10.5 Å². The van der Waals surface area contributed by atoms with Gasteiger partial charge >= 0.3 is 0 Å². The van der Waals surface area contributed by atoms with E-state index in [0.29, 0.717) is 23.7 Å². The number of benzene rings is 1. The van der Waals surface area contributed by atoms with E-state index in [1.165, 1.54) is 12.8 Å². The molecule has 1 aliphatic rings. The lowest BCUT2D eigenvalue weighted by Crippen LogP contribution is -2.27. The van der Waals surface area contributed by atoms with Crippen LogP contribution < -0.4 is 5.32 Å². The number of rotatable bonds is 5. The number of nitrogens with zero attached hydrogens (tertiary/aromatic N) is 2. The van der Waals surface area contributed by atoms with Crippen LogP contribution in [0.5, 0.6) is 0 Å². The van der Waals surface area contributed by atoms with Gasteiger partial charge in [0, 0.05) is 12.8 Å². The third-order valence-corrected chi connectivity index (χ3v) is 3.15. The van der Waals surface area contributed by atoms with E-state index in [1.807, 2.05) is 18.2 Å². The molecule has 0 amide bonds. The Morgan fingerprint density at radius 2 is 2.06 bits per heavy atom. The van der Waals surface area contributed by atoms with E-state index in [2.05, 4.69) is 5.32 Å². The number of nitrogens with one attached hydrogen (secondary N) is 1. The number of hydrogen-bond acceptors (Lipinski definition) is 4. The molecule has 0 aliphatic heterocycles. The van der Waals surface area contributed by atoms with Crippen molar-refractivity contribution in [1.82, 2.24) is 0 Å². The number of nitriles is 2. The van der Waals surface area contributed by atoms with Gasteiger partial charge in [0.05, 0.1) is 23.8 Å². The molecule has 0 aromatic heterocycles. The molecule has 92 valence electrons. The molecule has 1 aromatic carbocycles. The Balaban J connectivity index is 2.13. The van der Waals surface area contributed by atoms with Crippen LogP contribution in [0.25, 0.3) is 0 Å². The van der Waals surface area contributed by atoms with Crippen molar-refractivity contribution in [3.63, 3.8) is 0 Å². The summed E-state index contributed by atoms with van der Waals surface area (Å²) in [6.07, 6.45) is 2.45. The molecule has 0 bridgehead atoms. The normalized spacial score (nSPS) is 15.5. The lowest BCUT2D eigenvalue weighted by molar-refractivity contribution is 0.179. The van der Waals surface area contributed by atoms with E-state index in [1.54, 1.807) is 19.2 Å². The van der Waals surface area contributed by atoms with Gasteiger partial charge in [-0.05, 0) is 37.0 Å². The maximum absolute atomic E-state index is 8.98. The Kier molecular flexibility index (Phi) is 3.82. The van der Waals surface area contributed by atoms with Crippen LogP contribution in [0, 0.1) is 28.6 Å². The van der Waals surface area contributed by atoms with Crippen LogP contribution in [0.4, 0.5) is 5.69 Å². The van der Waals surface area contributed by atoms with E-state index < -0.39 is 0 Å². The molecule has 0 heterocycles. The molecule has 1 N–H and O–H groups in total. The van der Waals surface area contributed by atoms with Crippen molar-refractivity contribution in [3.8, 4) is 12.1 Å². The molecule has 4 nitrogen and oxygen atoms in total. The molecule has 1 fully saturated rings. The molecule has 0 saturated heterocycles. The van der Waals surface area contributed by atoms with Gasteiger partial charge in [0.2, 0.25) is 0 Å². The van der Waals surface area contributed by atoms with Gasteiger partial charge < -0.3 is 10.1 Å². The lowest BCUT2D eigenvalue weighted by Gasteiger charge is -2.18. The van der Waals surface area contributed by atoms with Gasteiger partial charge in [0.15, 0.2) is 0 Å². The molecule has 4 heteroatoms. The number of methoxy groups -OCH3 is 1. The maximum Gasteiger partial charge on any atom is 0.101 e. The molecule has 1 aromatic rings. The highest BCUT2D eigenvalue weighted by molar-refractivity contribution is 5.56.